The predicted octanol–water partition coefficient (Wildman–Crippen LogP) is 3.61. The molecule has 2 rings (SSSR count). The molecular formula is C18H24N2. The summed E-state index contributed by atoms with van der Waals surface area (Å²) >= 11 is 0. The van der Waals surface area contributed by atoms with Gasteiger partial charge in [-0.1, -0.05) is 49.4 Å². The minimum Gasteiger partial charge on any atom is -0.271 e. The van der Waals surface area contributed by atoms with Crippen molar-refractivity contribution in [2.45, 2.75) is 39.7 Å². The summed E-state index contributed by atoms with van der Waals surface area (Å²) in [6.07, 6.45) is 1.99. The second-order valence-electron chi connectivity index (χ2n) is 5.40. The van der Waals surface area contributed by atoms with Crippen molar-refractivity contribution in [2.75, 3.05) is 0 Å². The Hall–Kier alpha value is -1.64. The second-order valence-corrected chi connectivity index (χ2v) is 5.40. The summed E-state index contributed by atoms with van der Waals surface area (Å²) in [7, 11) is 0. The predicted molar refractivity (Wildman–Crippen MR) is 85.5 cm³/mol. The van der Waals surface area contributed by atoms with Gasteiger partial charge in [0.05, 0.1) is 6.04 Å². The fourth-order valence-corrected chi connectivity index (χ4v) is 2.77. The van der Waals surface area contributed by atoms with Gasteiger partial charge in [0.1, 0.15) is 0 Å². The summed E-state index contributed by atoms with van der Waals surface area (Å²) in [4.78, 5) is 0. The van der Waals surface area contributed by atoms with Gasteiger partial charge in [0.25, 0.3) is 0 Å². The zero-order valence-electron chi connectivity index (χ0n) is 12.6. The van der Waals surface area contributed by atoms with Crippen LogP contribution in [0, 0.1) is 13.8 Å². The standard InChI is InChI=1S/C18H24N2/c1-4-15-8-10-16(11-9-15)12-17(20-19)18-13(2)6-5-7-14(18)3/h5-11,17,20H,4,12,19H2,1-3H3. The molecule has 1 atom stereocenters. The maximum atomic E-state index is 5.80. The quantitative estimate of drug-likeness (QED) is 0.642. The van der Waals surface area contributed by atoms with E-state index in [0.717, 1.165) is 12.8 Å². The molecule has 0 saturated heterocycles. The number of nitrogens with two attached hydrogens (primary N) is 1. The van der Waals surface area contributed by atoms with E-state index in [4.69, 9.17) is 5.84 Å². The van der Waals surface area contributed by atoms with E-state index in [2.05, 4.69) is 68.7 Å². The Kier molecular flexibility index (Phi) is 4.94. The molecular weight excluding hydrogens is 244 g/mol. The van der Waals surface area contributed by atoms with Crippen LogP contribution in [0.4, 0.5) is 0 Å². The van der Waals surface area contributed by atoms with Crippen LogP contribution in [0.3, 0.4) is 0 Å². The van der Waals surface area contributed by atoms with Crippen LogP contribution in [0.1, 0.15) is 40.8 Å². The summed E-state index contributed by atoms with van der Waals surface area (Å²) in [5, 5.41) is 0. The number of aryl methyl sites for hydroxylation is 3. The van der Waals surface area contributed by atoms with Gasteiger partial charge >= 0.3 is 0 Å². The lowest BCUT2D eigenvalue weighted by molar-refractivity contribution is 0.546. The molecule has 0 fully saturated rings. The largest absolute Gasteiger partial charge is 0.271 e. The van der Waals surface area contributed by atoms with Gasteiger partial charge in [-0.15, -0.1) is 0 Å². The van der Waals surface area contributed by atoms with Crippen molar-refractivity contribution >= 4 is 0 Å². The van der Waals surface area contributed by atoms with E-state index >= 15 is 0 Å². The number of hydrogen-bond acceptors (Lipinski definition) is 2. The first-order chi connectivity index (χ1) is 9.65. The molecule has 0 radical (unpaired) electrons. The molecule has 0 aliphatic rings. The molecule has 3 N–H and O–H groups in total. The minimum atomic E-state index is 0.156. The van der Waals surface area contributed by atoms with Crippen LogP contribution in [0.5, 0.6) is 0 Å². The van der Waals surface area contributed by atoms with E-state index in [-0.39, 0.29) is 6.04 Å². The average molecular weight is 268 g/mol. The number of hydrazine groups is 1. The molecule has 2 aromatic carbocycles. The van der Waals surface area contributed by atoms with Gasteiger partial charge in [-0.2, -0.15) is 0 Å². The Bertz CT molecular complexity index is 538. The highest BCUT2D eigenvalue weighted by Crippen LogP contribution is 2.24. The molecule has 20 heavy (non-hydrogen) atoms. The van der Waals surface area contributed by atoms with Crippen LogP contribution in [0.2, 0.25) is 0 Å². The van der Waals surface area contributed by atoms with Crippen LogP contribution >= 0.6 is 0 Å². The topological polar surface area (TPSA) is 38.0 Å². The van der Waals surface area contributed by atoms with E-state index in [9.17, 15) is 0 Å². The number of rotatable bonds is 5. The molecule has 0 heterocycles. The molecule has 0 amide bonds. The number of nitrogens with one attached hydrogen (secondary N) is 1. The van der Waals surface area contributed by atoms with Gasteiger partial charge in [-0.3, -0.25) is 11.3 Å². The molecule has 0 aromatic heterocycles. The molecule has 0 bridgehead atoms. The Labute approximate surface area is 122 Å². The van der Waals surface area contributed by atoms with Gasteiger partial charge in [-0.05, 0) is 54.5 Å². The molecule has 0 aliphatic heterocycles. The van der Waals surface area contributed by atoms with Crippen LogP contribution < -0.4 is 11.3 Å². The highest BCUT2D eigenvalue weighted by atomic mass is 15.2. The van der Waals surface area contributed by atoms with Crippen molar-refractivity contribution in [3.8, 4) is 0 Å². The number of hydrogen-bond donors (Lipinski definition) is 2. The van der Waals surface area contributed by atoms with Gasteiger partial charge in [0.2, 0.25) is 0 Å². The van der Waals surface area contributed by atoms with E-state index in [0.29, 0.717) is 0 Å². The molecule has 1 unspecified atom stereocenters. The van der Waals surface area contributed by atoms with Crippen molar-refractivity contribution < 1.29 is 0 Å². The van der Waals surface area contributed by atoms with Gasteiger partial charge < -0.3 is 0 Å². The van der Waals surface area contributed by atoms with Gasteiger partial charge in [-0.25, -0.2) is 0 Å². The molecule has 0 saturated carbocycles. The smallest absolute Gasteiger partial charge is 0.0505 e. The maximum Gasteiger partial charge on any atom is 0.0505 e. The maximum absolute atomic E-state index is 5.80. The van der Waals surface area contributed by atoms with E-state index in [1.54, 1.807) is 0 Å². The van der Waals surface area contributed by atoms with Crippen molar-refractivity contribution in [1.82, 2.24) is 5.43 Å². The lowest BCUT2D eigenvalue weighted by atomic mass is 9.92. The van der Waals surface area contributed by atoms with Crippen molar-refractivity contribution in [3.63, 3.8) is 0 Å². The van der Waals surface area contributed by atoms with Crippen molar-refractivity contribution in [3.05, 3.63) is 70.3 Å². The summed E-state index contributed by atoms with van der Waals surface area (Å²) in [6.45, 7) is 6.47. The van der Waals surface area contributed by atoms with Crippen LogP contribution in [-0.2, 0) is 12.8 Å². The summed E-state index contributed by atoms with van der Waals surface area (Å²) in [5.74, 6) is 5.80. The monoisotopic (exact) mass is 268 g/mol. The van der Waals surface area contributed by atoms with Crippen LogP contribution in [-0.4, -0.2) is 0 Å². The first-order valence-electron chi connectivity index (χ1n) is 7.25. The third-order valence-corrected chi connectivity index (χ3v) is 3.96. The fourth-order valence-electron chi connectivity index (χ4n) is 2.77. The van der Waals surface area contributed by atoms with E-state index in [1.807, 2.05) is 0 Å². The van der Waals surface area contributed by atoms with E-state index < -0.39 is 0 Å². The summed E-state index contributed by atoms with van der Waals surface area (Å²) < 4.78 is 0. The Balaban J connectivity index is 2.24. The molecule has 0 spiro atoms. The normalized spacial score (nSPS) is 12.4. The first-order valence-corrected chi connectivity index (χ1v) is 7.25. The fraction of sp³-hybridized carbons (Fsp3) is 0.333. The number of benzene rings is 2. The molecule has 0 aliphatic carbocycles. The zero-order chi connectivity index (χ0) is 14.5. The van der Waals surface area contributed by atoms with Crippen LogP contribution in [0.25, 0.3) is 0 Å². The molecule has 2 aromatic rings. The minimum absolute atomic E-state index is 0.156. The van der Waals surface area contributed by atoms with E-state index in [1.165, 1.54) is 27.8 Å². The highest BCUT2D eigenvalue weighted by molar-refractivity contribution is 5.37. The van der Waals surface area contributed by atoms with Crippen LogP contribution in [0.15, 0.2) is 42.5 Å². The highest BCUT2D eigenvalue weighted by Gasteiger charge is 2.15. The Morgan fingerprint density at radius 1 is 0.950 bits per heavy atom. The lowest BCUT2D eigenvalue weighted by Crippen LogP contribution is -2.30. The average Bonchev–Trinajstić information content (AvgIpc) is 2.46. The lowest BCUT2D eigenvalue weighted by Gasteiger charge is -2.21. The van der Waals surface area contributed by atoms with Crippen molar-refractivity contribution in [2.24, 2.45) is 5.84 Å². The third-order valence-electron chi connectivity index (χ3n) is 3.96. The van der Waals surface area contributed by atoms with Gasteiger partial charge in [0.15, 0.2) is 0 Å². The SMILES string of the molecule is CCc1ccc(CC(NN)c2c(C)cccc2C)cc1. The second kappa shape index (κ2) is 6.69. The van der Waals surface area contributed by atoms with Crippen molar-refractivity contribution in [1.29, 1.82) is 0 Å². The molecule has 2 nitrogen and oxygen atoms in total. The first kappa shape index (κ1) is 14.8. The Morgan fingerprint density at radius 3 is 2.00 bits per heavy atom. The van der Waals surface area contributed by atoms with Gasteiger partial charge in [0, 0.05) is 0 Å². The third kappa shape index (κ3) is 3.27. The zero-order valence-corrected chi connectivity index (χ0v) is 12.6. The summed E-state index contributed by atoms with van der Waals surface area (Å²) in [6, 6.07) is 15.4. The molecule has 106 valence electrons. The Morgan fingerprint density at radius 2 is 1.50 bits per heavy atom. The molecule has 2 heteroatoms. The summed E-state index contributed by atoms with van der Waals surface area (Å²) in [5.41, 5.74) is 9.56.